The van der Waals surface area contributed by atoms with E-state index in [-0.39, 0.29) is 23.8 Å². The Labute approximate surface area is 158 Å². The van der Waals surface area contributed by atoms with E-state index in [4.69, 9.17) is 0 Å². The molecule has 3 fully saturated rings. The minimum absolute atomic E-state index is 0.0127. The molecule has 1 N–H and O–H groups in total. The molecule has 5 atom stereocenters. The first-order valence-corrected chi connectivity index (χ1v) is 9.93. The van der Waals surface area contributed by atoms with Crippen LogP contribution in [0.25, 0.3) is 0 Å². The summed E-state index contributed by atoms with van der Waals surface area (Å²) in [5, 5.41) is 3.34. The number of hydrogen-bond acceptors (Lipinski definition) is 2. The van der Waals surface area contributed by atoms with Gasteiger partial charge in [-0.2, -0.15) is 0 Å². The molecule has 2 aliphatic heterocycles. The van der Waals surface area contributed by atoms with Crippen LogP contribution in [-0.4, -0.2) is 22.8 Å². The maximum absolute atomic E-state index is 13.6. The summed E-state index contributed by atoms with van der Waals surface area (Å²) in [6.07, 6.45) is 3.32. The van der Waals surface area contributed by atoms with Crippen LogP contribution in [-0.2, 0) is 10.5 Å². The summed E-state index contributed by atoms with van der Waals surface area (Å²) in [7, 11) is 0. The lowest BCUT2D eigenvalue weighted by molar-refractivity contribution is -0.140. The summed E-state index contributed by atoms with van der Waals surface area (Å²) in [6, 6.07) is 16.0. The number of benzene rings is 2. The van der Waals surface area contributed by atoms with Gasteiger partial charge in [-0.3, -0.25) is 9.59 Å². The second-order valence-corrected chi connectivity index (χ2v) is 8.64. The molecule has 4 nitrogen and oxygen atoms in total. The minimum Gasteiger partial charge on any atom is -0.325 e. The number of aryl methyl sites for hydroxylation is 1. The molecule has 2 heterocycles. The van der Waals surface area contributed by atoms with E-state index in [1.54, 1.807) is 0 Å². The zero-order valence-electron chi connectivity index (χ0n) is 15.3. The maximum Gasteiger partial charge on any atom is 0.256 e. The highest BCUT2D eigenvalue weighted by Crippen LogP contribution is 2.58. The van der Waals surface area contributed by atoms with Crippen LogP contribution in [0.3, 0.4) is 0 Å². The van der Waals surface area contributed by atoms with Crippen molar-refractivity contribution in [2.24, 2.45) is 17.8 Å². The standard InChI is InChI=1S/C23H22N2O2/c1-13-6-10-16(11-7-13)23-18-5-3-2-4-17(18)22(27)25(23)20-15-9-8-14(12-15)19(20)21(26)24-23/h2-7,10-11,14-15,19-20H,8-9,12H2,1H3,(H,24,26)/t14-,15+,19+,20-,23+/m0/s1. The molecule has 27 heavy (non-hydrogen) atoms. The van der Waals surface area contributed by atoms with Crippen molar-refractivity contribution in [2.75, 3.05) is 0 Å². The largest absolute Gasteiger partial charge is 0.325 e. The molecule has 136 valence electrons. The van der Waals surface area contributed by atoms with Gasteiger partial charge >= 0.3 is 0 Å². The van der Waals surface area contributed by atoms with E-state index in [9.17, 15) is 9.59 Å². The van der Waals surface area contributed by atoms with Gasteiger partial charge in [-0.1, -0.05) is 48.0 Å². The second kappa shape index (κ2) is 5.00. The number of nitrogens with zero attached hydrogens (tertiary/aromatic N) is 1. The molecule has 0 spiro atoms. The molecule has 2 amide bonds. The summed E-state index contributed by atoms with van der Waals surface area (Å²) in [4.78, 5) is 28.9. The average Bonchev–Trinajstić information content (AvgIpc) is 3.35. The quantitative estimate of drug-likeness (QED) is 0.851. The molecule has 2 bridgehead atoms. The van der Waals surface area contributed by atoms with Crippen molar-refractivity contribution >= 4 is 11.8 Å². The molecule has 0 unspecified atom stereocenters. The molecule has 1 saturated heterocycles. The Kier molecular flexibility index (Phi) is 2.86. The molecule has 4 aliphatic rings. The first-order chi connectivity index (χ1) is 13.1. The number of carbonyl (C=O) groups excluding carboxylic acids is 2. The molecular weight excluding hydrogens is 336 g/mol. The molecule has 2 aliphatic carbocycles. The average molecular weight is 358 g/mol. The lowest BCUT2D eigenvalue weighted by Gasteiger charge is -2.52. The Morgan fingerprint density at radius 2 is 1.74 bits per heavy atom. The topological polar surface area (TPSA) is 49.4 Å². The van der Waals surface area contributed by atoms with Gasteiger partial charge in [-0.25, -0.2) is 0 Å². The van der Waals surface area contributed by atoms with Crippen molar-refractivity contribution in [3.05, 3.63) is 70.8 Å². The molecule has 2 saturated carbocycles. The molecule has 0 aromatic heterocycles. The summed E-state index contributed by atoms with van der Waals surface area (Å²) in [5.74, 6) is 0.990. The van der Waals surface area contributed by atoms with E-state index in [0.29, 0.717) is 11.8 Å². The minimum atomic E-state index is -0.871. The van der Waals surface area contributed by atoms with Crippen molar-refractivity contribution in [3.8, 4) is 0 Å². The number of nitrogens with one attached hydrogen (secondary N) is 1. The summed E-state index contributed by atoms with van der Waals surface area (Å²) in [6.45, 7) is 2.05. The van der Waals surface area contributed by atoms with Crippen molar-refractivity contribution in [1.82, 2.24) is 10.2 Å². The van der Waals surface area contributed by atoms with Gasteiger partial charge in [0.05, 0.1) is 5.92 Å². The van der Waals surface area contributed by atoms with Gasteiger partial charge in [-0.05, 0) is 44.1 Å². The smallest absolute Gasteiger partial charge is 0.256 e. The van der Waals surface area contributed by atoms with Gasteiger partial charge in [0.1, 0.15) is 0 Å². The Morgan fingerprint density at radius 3 is 2.56 bits per heavy atom. The van der Waals surface area contributed by atoms with Crippen LogP contribution in [0.4, 0.5) is 0 Å². The van der Waals surface area contributed by atoms with Crippen LogP contribution < -0.4 is 5.32 Å². The van der Waals surface area contributed by atoms with Gasteiger partial charge in [0, 0.05) is 22.7 Å². The van der Waals surface area contributed by atoms with Gasteiger partial charge < -0.3 is 10.2 Å². The fourth-order valence-corrected chi connectivity index (χ4v) is 6.31. The fourth-order valence-electron chi connectivity index (χ4n) is 6.31. The molecule has 0 radical (unpaired) electrons. The molecule has 4 heteroatoms. The zero-order valence-corrected chi connectivity index (χ0v) is 15.3. The lowest BCUT2D eigenvalue weighted by Crippen LogP contribution is -2.69. The van der Waals surface area contributed by atoms with Crippen LogP contribution >= 0.6 is 0 Å². The van der Waals surface area contributed by atoms with Crippen molar-refractivity contribution in [1.29, 1.82) is 0 Å². The van der Waals surface area contributed by atoms with Crippen LogP contribution in [0.5, 0.6) is 0 Å². The number of hydrogen-bond donors (Lipinski definition) is 1. The molecule has 6 rings (SSSR count). The maximum atomic E-state index is 13.6. The highest BCUT2D eigenvalue weighted by Gasteiger charge is 2.66. The van der Waals surface area contributed by atoms with E-state index in [0.717, 1.165) is 36.0 Å². The fraction of sp³-hybridized carbons (Fsp3) is 0.391. The van der Waals surface area contributed by atoms with Crippen molar-refractivity contribution < 1.29 is 9.59 Å². The Balaban J connectivity index is 1.63. The summed E-state index contributed by atoms with van der Waals surface area (Å²) in [5.41, 5.74) is 2.90. The number of rotatable bonds is 1. The van der Waals surface area contributed by atoms with Crippen molar-refractivity contribution in [3.63, 3.8) is 0 Å². The zero-order chi connectivity index (χ0) is 18.3. The normalized spacial score (nSPS) is 35.7. The van der Waals surface area contributed by atoms with E-state index in [1.165, 1.54) is 5.56 Å². The molecule has 2 aromatic rings. The van der Waals surface area contributed by atoms with Crippen molar-refractivity contribution in [2.45, 2.75) is 37.9 Å². The number of fused-ring (bicyclic) bond motifs is 9. The van der Waals surface area contributed by atoms with Crippen LogP contribution in [0.1, 0.15) is 46.3 Å². The van der Waals surface area contributed by atoms with E-state index < -0.39 is 5.66 Å². The second-order valence-electron chi connectivity index (χ2n) is 8.64. The Bertz CT molecular complexity index is 982. The SMILES string of the molecule is Cc1ccc([C@@]23NC(=O)[C@@H]4[C@H]5CC[C@H](C5)[C@@H]4N2C(=O)c2ccccc23)cc1. The third-order valence-electron chi connectivity index (χ3n) is 7.37. The summed E-state index contributed by atoms with van der Waals surface area (Å²) < 4.78 is 0. The highest BCUT2D eigenvalue weighted by molar-refractivity contribution is 6.03. The molecular formula is C23H22N2O2. The highest BCUT2D eigenvalue weighted by atomic mass is 16.2. The van der Waals surface area contributed by atoms with Gasteiger partial charge in [0.2, 0.25) is 5.91 Å². The van der Waals surface area contributed by atoms with Gasteiger partial charge in [-0.15, -0.1) is 0 Å². The predicted molar refractivity (Wildman–Crippen MR) is 101 cm³/mol. The van der Waals surface area contributed by atoms with E-state index >= 15 is 0 Å². The predicted octanol–water partition coefficient (Wildman–Crippen LogP) is 3.20. The third kappa shape index (κ3) is 1.74. The monoisotopic (exact) mass is 358 g/mol. The Hall–Kier alpha value is -2.62. The van der Waals surface area contributed by atoms with Crippen LogP contribution in [0, 0.1) is 24.7 Å². The van der Waals surface area contributed by atoms with Gasteiger partial charge in [0.15, 0.2) is 5.66 Å². The third-order valence-corrected chi connectivity index (χ3v) is 7.37. The number of amides is 2. The first-order valence-electron chi connectivity index (χ1n) is 9.93. The van der Waals surface area contributed by atoms with Crippen LogP contribution in [0.2, 0.25) is 0 Å². The van der Waals surface area contributed by atoms with E-state index in [2.05, 4.69) is 36.5 Å². The van der Waals surface area contributed by atoms with Gasteiger partial charge in [0.25, 0.3) is 5.91 Å². The molecule has 2 aromatic carbocycles. The van der Waals surface area contributed by atoms with Crippen LogP contribution in [0.15, 0.2) is 48.5 Å². The first kappa shape index (κ1) is 15.4. The number of carbonyl (C=O) groups is 2. The summed E-state index contributed by atoms with van der Waals surface area (Å²) >= 11 is 0. The van der Waals surface area contributed by atoms with E-state index in [1.807, 2.05) is 29.2 Å². The lowest BCUT2D eigenvalue weighted by atomic mass is 9.77. The Morgan fingerprint density at radius 1 is 1.00 bits per heavy atom.